The van der Waals surface area contributed by atoms with Crippen molar-refractivity contribution in [3.8, 4) is 22.8 Å². The Kier molecular flexibility index (Phi) is 10.1. The summed E-state index contributed by atoms with van der Waals surface area (Å²) in [5.74, 6) is 2.18. The third-order valence-corrected chi connectivity index (χ3v) is 9.58. The Morgan fingerprint density at radius 3 is 2.04 bits per heavy atom. The molecule has 3 N–H and O–H groups in total. The summed E-state index contributed by atoms with van der Waals surface area (Å²) in [6, 6.07) is 37.3. The molecule has 7 rings (SSSR count). The van der Waals surface area contributed by atoms with Gasteiger partial charge in [0.25, 0.3) is 5.56 Å². The van der Waals surface area contributed by atoms with Gasteiger partial charge in [0.2, 0.25) is 5.95 Å². The van der Waals surface area contributed by atoms with Gasteiger partial charge in [0, 0.05) is 13.0 Å². The highest BCUT2D eigenvalue weighted by Crippen LogP contribution is 2.43. The van der Waals surface area contributed by atoms with E-state index in [0.29, 0.717) is 29.4 Å². The van der Waals surface area contributed by atoms with Crippen LogP contribution < -0.4 is 20.3 Å². The standard InChI is InChI=1S/C42H44N4O6/c1-27(2)25-43-41-44-39-34(40(48)45-41)23-35(28-11-7-5-8-12-28)46(39)38-24-36(47)37(52-38)26-51-42(29-13-9-6-10-14-29,30-15-19-32(49-3)20-16-30)31-17-21-33(50-4)22-18-31/h5-23,27,36-38,47H,24-26H2,1-4H3,(H2,43,44,45,48)/t36-,37+,38+/m0/s1. The number of nitrogens with one attached hydrogen (secondary N) is 2. The van der Waals surface area contributed by atoms with Crippen LogP contribution in [0.1, 0.15) is 43.2 Å². The molecule has 6 aromatic rings. The van der Waals surface area contributed by atoms with Gasteiger partial charge in [0.05, 0.1) is 38.0 Å². The van der Waals surface area contributed by atoms with Crippen molar-refractivity contribution < 1.29 is 24.1 Å². The Balaban J connectivity index is 1.28. The van der Waals surface area contributed by atoms with E-state index in [0.717, 1.165) is 39.4 Å². The zero-order valence-corrected chi connectivity index (χ0v) is 29.8. The fourth-order valence-electron chi connectivity index (χ4n) is 6.92. The molecular weight excluding hydrogens is 656 g/mol. The fraction of sp³-hybridized carbons (Fsp3) is 0.286. The molecule has 1 saturated heterocycles. The van der Waals surface area contributed by atoms with E-state index in [2.05, 4.69) is 24.1 Å². The van der Waals surface area contributed by atoms with Crippen LogP contribution in [0, 0.1) is 5.92 Å². The minimum atomic E-state index is -1.08. The highest BCUT2D eigenvalue weighted by Gasteiger charge is 2.42. The van der Waals surface area contributed by atoms with Gasteiger partial charge in [-0.3, -0.25) is 14.3 Å². The van der Waals surface area contributed by atoms with Gasteiger partial charge >= 0.3 is 0 Å². The summed E-state index contributed by atoms with van der Waals surface area (Å²) >= 11 is 0. The molecule has 1 aliphatic heterocycles. The molecule has 1 fully saturated rings. The molecule has 0 amide bonds. The van der Waals surface area contributed by atoms with E-state index in [9.17, 15) is 9.90 Å². The van der Waals surface area contributed by atoms with Gasteiger partial charge in [-0.15, -0.1) is 0 Å². The number of aromatic amines is 1. The van der Waals surface area contributed by atoms with Gasteiger partial charge in [0.15, 0.2) is 5.65 Å². The normalized spacial score (nSPS) is 17.5. The third-order valence-electron chi connectivity index (χ3n) is 9.58. The van der Waals surface area contributed by atoms with Crippen LogP contribution in [-0.4, -0.2) is 59.2 Å². The molecule has 0 aliphatic carbocycles. The van der Waals surface area contributed by atoms with Crippen LogP contribution in [0.25, 0.3) is 22.3 Å². The minimum absolute atomic E-state index is 0.0553. The van der Waals surface area contributed by atoms with E-state index >= 15 is 0 Å². The lowest BCUT2D eigenvalue weighted by molar-refractivity contribution is -0.0927. The topological polar surface area (TPSA) is 120 Å². The van der Waals surface area contributed by atoms with Crippen LogP contribution >= 0.6 is 0 Å². The van der Waals surface area contributed by atoms with Crippen molar-refractivity contribution in [3.05, 3.63) is 142 Å². The first-order valence-corrected chi connectivity index (χ1v) is 17.6. The molecule has 0 bridgehead atoms. The summed E-state index contributed by atoms with van der Waals surface area (Å²) in [7, 11) is 3.28. The Morgan fingerprint density at radius 2 is 1.46 bits per heavy atom. The van der Waals surface area contributed by atoms with Crippen molar-refractivity contribution in [3.63, 3.8) is 0 Å². The molecule has 0 spiro atoms. The number of aliphatic hydroxyl groups excluding tert-OH is 1. The number of benzene rings is 4. The van der Waals surface area contributed by atoms with Gasteiger partial charge in [-0.1, -0.05) is 98.8 Å². The maximum absolute atomic E-state index is 13.4. The molecule has 0 radical (unpaired) electrons. The Labute approximate surface area is 303 Å². The van der Waals surface area contributed by atoms with Crippen LogP contribution in [-0.2, 0) is 15.1 Å². The maximum Gasteiger partial charge on any atom is 0.261 e. The largest absolute Gasteiger partial charge is 0.497 e. The zero-order valence-electron chi connectivity index (χ0n) is 29.8. The summed E-state index contributed by atoms with van der Waals surface area (Å²) in [5.41, 5.74) is 3.46. The number of anilines is 1. The summed E-state index contributed by atoms with van der Waals surface area (Å²) in [4.78, 5) is 21.2. The average Bonchev–Trinajstić information content (AvgIpc) is 3.75. The zero-order chi connectivity index (χ0) is 36.2. The number of hydrogen-bond donors (Lipinski definition) is 3. The number of ether oxygens (including phenoxy) is 4. The summed E-state index contributed by atoms with van der Waals surface area (Å²) in [6.45, 7) is 4.88. The minimum Gasteiger partial charge on any atom is -0.497 e. The quantitative estimate of drug-likeness (QED) is 0.109. The van der Waals surface area contributed by atoms with Crippen LogP contribution in [0.3, 0.4) is 0 Å². The van der Waals surface area contributed by atoms with E-state index in [4.69, 9.17) is 23.9 Å². The molecule has 52 heavy (non-hydrogen) atoms. The maximum atomic E-state index is 13.4. The second kappa shape index (κ2) is 15.1. The van der Waals surface area contributed by atoms with E-state index in [-0.39, 0.29) is 18.6 Å². The molecule has 3 atom stereocenters. The van der Waals surface area contributed by atoms with Crippen molar-refractivity contribution in [1.82, 2.24) is 14.5 Å². The number of nitrogens with zero attached hydrogens (tertiary/aromatic N) is 2. The monoisotopic (exact) mass is 700 g/mol. The molecule has 2 aromatic heterocycles. The van der Waals surface area contributed by atoms with Gasteiger partial charge in [-0.25, -0.2) is 0 Å². The van der Waals surface area contributed by atoms with Crippen LogP contribution in [0.15, 0.2) is 120 Å². The van der Waals surface area contributed by atoms with Gasteiger partial charge in [-0.05, 0) is 58.5 Å². The van der Waals surface area contributed by atoms with Crippen molar-refractivity contribution >= 4 is 17.0 Å². The van der Waals surface area contributed by atoms with Crippen LogP contribution in [0.2, 0.25) is 0 Å². The Morgan fingerprint density at radius 1 is 0.885 bits per heavy atom. The molecule has 0 saturated carbocycles. The molecule has 1 aliphatic rings. The summed E-state index contributed by atoms with van der Waals surface area (Å²) in [5, 5.41) is 15.3. The first-order valence-electron chi connectivity index (χ1n) is 17.6. The Bertz CT molecular complexity index is 2100. The summed E-state index contributed by atoms with van der Waals surface area (Å²) < 4.78 is 26.7. The van der Waals surface area contributed by atoms with E-state index in [1.165, 1.54) is 0 Å². The number of H-pyrrole nitrogens is 1. The smallest absolute Gasteiger partial charge is 0.261 e. The number of rotatable bonds is 13. The van der Waals surface area contributed by atoms with E-state index in [1.54, 1.807) is 14.2 Å². The lowest BCUT2D eigenvalue weighted by Crippen LogP contribution is -2.38. The average molecular weight is 701 g/mol. The highest BCUT2D eigenvalue weighted by molar-refractivity contribution is 5.84. The molecule has 10 heteroatoms. The number of fused-ring (bicyclic) bond motifs is 1. The van der Waals surface area contributed by atoms with Gasteiger partial charge in [0.1, 0.15) is 29.4 Å². The van der Waals surface area contributed by atoms with Crippen LogP contribution in [0.4, 0.5) is 5.95 Å². The molecule has 268 valence electrons. The highest BCUT2D eigenvalue weighted by atomic mass is 16.6. The first-order chi connectivity index (χ1) is 25.3. The molecule has 10 nitrogen and oxygen atoms in total. The SMILES string of the molecule is COc1ccc(C(OC[C@H]2O[C@@H](n3c(-c4ccccc4)cc4c(=O)[nH]c(NCC(C)C)nc43)C[C@@H]2O)(c2ccccc2)c2ccc(OC)cc2)cc1. The number of aromatic nitrogens is 3. The first kappa shape index (κ1) is 35.0. The third kappa shape index (κ3) is 6.80. The van der Waals surface area contributed by atoms with Gasteiger partial charge < -0.3 is 29.4 Å². The summed E-state index contributed by atoms with van der Waals surface area (Å²) in [6.07, 6.45) is -1.93. The predicted octanol–water partition coefficient (Wildman–Crippen LogP) is 7.13. The Hall–Kier alpha value is -5.42. The predicted molar refractivity (Wildman–Crippen MR) is 202 cm³/mol. The number of hydrogen-bond acceptors (Lipinski definition) is 8. The molecular formula is C42H44N4O6. The van der Waals surface area contributed by atoms with E-state index in [1.807, 2.05) is 120 Å². The number of aliphatic hydroxyl groups is 1. The van der Waals surface area contributed by atoms with Crippen LogP contribution in [0.5, 0.6) is 11.5 Å². The van der Waals surface area contributed by atoms with Crippen molar-refractivity contribution in [1.29, 1.82) is 0 Å². The van der Waals surface area contributed by atoms with Crippen molar-refractivity contribution in [2.45, 2.75) is 44.3 Å². The lowest BCUT2D eigenvalue weighted by atomic mass is 9.80. The number of methoxy groups -OCH3 is 2. The second-order valence-electron chi connectivity index (χ2n) is 13.4. The van der Waals surface area contributed by atoms with Crippen molar-refractivity contribution in [2.75, 3.05) is 32.7 Å². The lowest BCUT2D eigenvalue weighted by Gasteiger charge is -2.37. The fourth-order valence-corrected chi connectivity index (χ4v) is 6.92. The molecule has 3 heterocycles. The van der Waals surface area contributed by atoms with Crippen molar-refractivity contribution in [2.24, 2.45) is 5.92 Å². The molecule has 4 aromatic carbocycles. The second-order valence-corrected chi connectivity index (χ2v) is 13.4. The van der Waals surface area contributed by atoms with E-state index < -0.39 is 24.0 Å². The van der Waals surface area contributed by atoms with Gasteiger partial charge in [-0.2, -0.15) is 4.98 Å². The molecule has 0 unspecified atom stereocenters.